The molecule has 1 N–H and O–H groups in total. The highest BCUT2D eigenvalue weighted by atomic mass is 16.1. The van der Waals surface area contributed by atoms with Crippen molar-refractivity contribution in [3.05, 3.63) is 84.2 Å². The van der Waals surface area contributed by atoms with E-state index in [2.05, 4.69) is 67.3 Å². The molecule has 4 rings (SSSR count). The van der Waals surface area contributed by atoms with Crippen molar-refractivity contribution >= 4 is 5.91 Å². The number of carbonyl (C=O) groups excluding carboxylic acids is 1. The lowest BCUT2D eigenvalue weighted by atomic mass is 10.1. The first-order chi connectivity index (χ1) is 12.8. The minimum Gasteiger partial charge on any atom is -0.349 e. The van der Waals surface area contributed by atoms with E-state index in [0.717, 1.165) is 19.6 Å². The van der Waals surface area contributed by atoms with Crippen LogP contribution >= 0.6 is 0 Å². The van der Waals surface area contributed by atoms with E-state index >= 15 is 0 Å². The van der Waals surface area contributed by atoms with E-state index in [4.69, 9.17) is 0 Å². The molecule has 6 nitrogen and oxygen atoms in total. The summed E-state index contributed by atoms with van der Waals surface area (Å²) in [5, 5.41) is 3.01. The van der Waals surface area contributed by atoms with Gasteiger partial charge in [0.1, 0.15) is 5.69 Å². The third-order valence-corrected chi connectivity index (χ3v) is 4.74. The molecule has 3 aromatic rings. The number of benzene rings is 1. The number of carbonyl (C=O) groups is 1. The Kier molecular flexibility index (Phi) is 4.75. The maximum atomic E-state index is 12.3. The Morgan fingerprint density at radius 2 is 2.04 bits per heavy atom. The van der Waals surface area contributed by atoms with Gasteiger partial charge in [-0.2, -0.15) is 0 Å². The first kappa shape index (κ1) is 16.5. The van der Waals surface area contributed by atoms with Crippen molar-refractivity contribution in [2.24, 2.45) is 0 Å². The minimum atomic E-state index is -0.184. The third kappa shape index (κ3) is 3.65. The molecule has 0 spiro atoms. The number of amides is 1. The van der Waals surface area contributed by atoms with E-state index in [1.807, 2.05) is 6.07 Å². The fourth-order valence-corrected chi connectivity index (χ4v) is 3.36. The van der Waals surface area contributed by atoms with Crippen LogP contribution < -0.4 is 5.32 Å². The molecule has 1 amide bonds. The number of hydrogen-bond donors (Lipinski definition) is 1. The summed E-state index contributed by atoms with van der Waals surface area (Å²) in [7, 11) is 0. The van der Waals surface area contributed by atoms with Gasteiger partial charge in [0, 0.05) is 56.5 Å². The summed E-state index contributed by atoms with van der Waals surface area (Å²) < 4.78 is 2.26. The Morgan fingerprint density at radius 3 is 2.85 bits per heavy atom. The standard InChI is InChI=1S/C20H21N5O/c26-20(19-12-21-8-9-22-19)23-11-18-15-24-10-4-7-17(24)14-25(18)13-16-5-2-1-3-6-16/h1-10,12,18H,11,13-15H2,(H,23,26). The van der Waals surface area contributed by atoms with Gasteiger partial charge < -0.3 is 9.88 Å². The van der Waals surface area contributed by atoms with Gasteiger partial charge in [-0.25, -0.2) is 4.98 Å². The molecule has 1 aliphatic heterocycles. The van der Waals surface area contributed by atoms with Crippen molar-refractivity contribution in [1.29, 1.82) is 0 Å². The molecule has 132 valence electrons. The van der Waals surface area contributed by atoms with E-state index < -0.39 is 0 Å². The lowest BCUT2D eigenvalue weighted by molar-refractivity contribution is 0.0893. The van der Waals surface area contributed by atoms with Crippen LogP contribution in [0.1, 0.15) is 21.7 Å². The quantitative estimate of drug-likeness (QED) is 0.768. The third-order valence-electron chi connectivity index (χ3n) is 4.74. The average Bonchev–Trinajstić information content (AvgIpc) is 3.14. The summed E-state index contributed by atoms with van der Waals surface area (Å²) in [6, 6.07) is 14.9. The molecule has 3 heterocycles. The van der Waals surface area contributed by atoms with Crippen LogP contribution in [0.15, 0.2) is 67.3 Å². The predicted octanol–water partition coefficient (Wildman–Crippen LogP) is 2.09. The number of nitrogens with zero attached hydrogens (tertiary/aromatic N) is 4. The molecular formula is C20H21N5O. The van der Waals surface area contributed by atoms with E-state index in [9.17, 15) is 4.79 Å². The fraction of sp³-hybridized carbons (Fsp3) is 0.250. The first-order valence-corrected chi connectivity index (χ1v) is 8.76. The van der Waals surface area contributed by atoms with Gasteiger partial charge in [-0.15, -0.1) is 0 Å². The van der Waals surface area contributed by atoms with Gasteiger partial charge in [-0.3, -0.25) is 14.7 Å². The molecule has 0 radical (unpaired) electrons. The number of aromatic nitrogens is 3. The van der Waals surface area contributed by atoms with Gasteiger partial charge in [0.2, 0.25) is 0 Å². The molecule has 1 atom stereocenters. The Balaban J connectivity index is 1.47. The zero-order chi connectivity index (χ0) is 17.8. The smallest absolute Gasteiger partial charge is 0.271 e. The van der Waals surface area contributed by atoms with Crippen molar-refractivity contribution in [2.75, 3.05) is 6.54 Å². The maximum absolute atomic E-state index is 12.3. The highest BCUT2D eigenvalue weighted by Crippen LogP contribution is 2.20. The molecule has 1 aromatic carbocycles. The van der Waals surface area contributed by atoms with E-state index in [1.165, 1.54) is 23.7 Å². The van der Waals surface area contributed by atoms with Crippen LogP contribution in [0.3, 0.4) is 0 Å². The van der Waals surface area contributed by atoms with Crippen molar-refractivity contribution in [1.82, 2.24) is 24.8 Å². The summed E-state index contributed by atoms with van der Waals surface area (Å²) in [5.74, 6) is -0.184. The van der Waals surface area contributed by atoms with Crippen LogP contribution in [0.25, 0.3) is 0 Å². The molecule has 0 bridgehead atoms. The average molecular weight is 347 g/mol. The van der Waals surface area contributed by atoms with E-state index in [-0.39, 0.29) is 11.9 Å². The predicted molar refractivity (Wildman–Crippen MR) is 98.3 cm³/mol. The summed E-state index contributed by atoms with van der Waals surface area (Å²) in [4.78, 5) is 22.7. The number of fused-ring (bicyclic) bond motifs is 1. The Morgan fingerprint density at radius 1 is 1.15 bits per heavy atom. The molecule has 1 unspecified atom stereocenters. The van der Waals surface area contributed by atoms with Crippen LogP contribution in [0.2, 0.25) is 0 Å². The zero-order valence-electron chi connectivity index (χ0n) is 14.5. The Labute approximate surface area is 152 Å². The van der Waals surface area contributed by atoms with Gasteiger partial charge >= 0.3 is 0 Å². The highest BCUT2D eigenvalue weighted by Gasteiger charge is 2.26. The van der Waals surface area contributed by atoms with Crippen molar-refractivity contribution in [3.63, 3.8) is 0 Å². The Bertz CT molecular complexity index is 862. The topological polar surface area (TPSA) is 63.1 Å². The summed E-state index contributed by atoms with van der Waals surface area (Å²) in [6.45, 7) is 3.15. The number of hydrogen-bond acceptors (Lipinski definition) is 4. The van der Waals surface area contributed by atoms with Crippen LogP contribution in [0.4, 0.5) is 0 Å². The summed E-state index contributed by atoms with van der Waals surface area (Å²) >= 11 is 0. The van der Waals surface area contributed by atoms with Crippen molar-refractivity contribution < 1.29 is 4.79 Å². The van der Waals surface area contributed by atoms with E-state index in [0.29, 0.717) is 12.2 Å². The van der Waals surface area contributed by atoms with Crippen molar-refractivity contribution in [3.8, 4) is 0 Å². The molecule has 0 saturated carbocycles. The number of rotatable bonds is 5. The molecule has 0 aliphatic carbocycles. The molecule has 0 saturated heterocycles. The van der Waals surface area contributed by atoms with Crippen LogP contribution in [0, 0.1) is 0 Å². The fourth-order valence-electron chi connectivity index (χ4n) is 3.36. The molecule has 2 aromatic heterocycles. The van der Waals surface area contributed by atoms with Gasteiger partial charge in [-0.05, 0) is 17.7 Å². The van der Waals surface area contributed by atoms with Crippen molar-refractivity contribution in [2.45, 2.75) is 25.7 Å². The number of nitrogens with one attached hydrogen (secondary N) is 1. The minimum absolute atomic E-state index is 0.184. The van der Waals surface area contributed by atoms with Gasteiger partial charge in [0.05, 0.1) is 6.20 Å². The second-order valence-corrected chi connectivity index (χ2v) is 6.50. The molecular weight excluding hydrogens is 326 g/mol. The highest BCUT2D eigenvalue weighted by molar-refractivity contribution is 5.91. The zero-order valence-corrected chi connectivity index (χ0v) is 14.5. The Hall–Kier alpha value is -2.99. The van der Waals surface area contributed by atoms with Crippen LogP contribution in [-0.4, -0.2) is 37.9 Å². The van der Waals surface area contributed by atoms with Gasteiger partial charge in [0.15, 0.2) is 0 Å². The molecule has 1 aliphatic rings. The second-order valence-electron chi connectivity index (χ2n) is 6.50. The lowest BCUT2D eigenvalue weighted by Crippen LogP contribution is -2.48. The lowest BCUT2D eigenvalue weighted by Gasteiger charge is -2.37. The summed E-state index contributed by atoms with van der Waals surface area (Å²) in [6.07, 6.45) is 6.69. The summed E-state index contributed by atoms with van der Waals surface area (Å²) in [5.41, 5.74) is 2.93. The van der Waals surface area contributed by atoms with Gasteiger partial charge in [-0.1, -0.05) is 30.3 Å². The SMILES string of the molecule is O=C(NCC1Cn2cccc2CN1Cc1ccccc1)c1cnccn1. The van der Waals surface area contributed by atoms with Gasteiger partial charge in [0.25, 0.3) is 5.91 Å². The first-order valence-electron chi connectivity index (χ1n) is 8.76. The van der Waals surface area contributed by atoms with E-state index in [1.54, 1.807) is 6.20 Å². The normalized spacial score (nSPS) is 16.8. The monoisotopic (exact) mass is 347 g/mol. The second kappa shape index (κ2) is 7.49. The molecule has 0 fully saturated rings. The maximum Gasteiger partial charge on any atom is 0.271 e. The van der Waals surface area contributed by atoms with Crippen LogP contribution in [0.5, 0.6) is 0 Å². The molecule has 6 heteroatoms. The molecule has 26 heavy (non-hydrogen) atoms. The van der Waals surface area contributed by atoms with Crippen LogP contribution in [-0.2, 0) is 19.6 Å². The largest absolute Gasteiger partial charge is 0.349 e.